The monoisotopic (exact) mass is 311 g/mol. The van der Waals surface area contributed by atoms with E-state index in [0.717, 1.165) is 23.7 Å². The number of aliphatic carboxylic acids is 1. The van der Waals surface area contributed by atoms with Crippen molar-refractivity contribution in [2.24, 2.45) is 23.7 Å². The van der Waals surface area contributed by atoms with Gasteiger partial charge in [0, 0.05) is 11.1 Å². The van der Waals surface area contributed by atoms with E-state index >= 15 is 0 Å². The molecule has 6 heteroatoms. The molecule has 1 saturated carbocycles. The lowest BCUT2D eigenvalue weighted by Gasteiger charge is -2.41. The van der Waals surface area contributed by atoms with Gasteiger partial charge in [-0.2, -0.15) is 5.10 Å². The molecule has 5 rings (SSSR count). The molecule has 23 heavy (non-hydrogen) atoms. The summed E-state index contributed by atoms with van der Waals surface area (Å²) >= 11 is 0. The Morgan fingerprint density at radius 1 is 1.17 bits per heavy atom. The van der Waals surface area contributed by atoms with Crippen LogP contribution >= 0.6 is 0 Å². The smallest absolute Gasteiger partial charge is 0.307 e. The van der Waals surface area contributed by atoms with Crippen molar-refractivity contribution in [3.8, 4) is 0 Å². The second-order valence-electron chi connectivity index (χ2n) is 6.34. The number of H-pyrrole nitrogens is 1. The third-order valence-electron chi connectivity index (χ3n) is 5.05. The van der Waals surface area contributed by atoms with Crippen molar-refractivity contribution in [3.63, 3.8) is 0 Å². The fraction of sp³-hybridized carbons (Fsp3) is 0.353. The summed E-state index contributed by atoms with van der Waals surface area (Å²) in [7, 11) is 0. The van der Waals surface area contributed by atoms with Crippen LogP contribution in [0.2, 0.25) is 0 Å². The lowest BCUT2D eigenvalue weighted by atomic mass is 9.62. The zero-order valence-corrected chi connectivity index (χ0v) is 12.4. The van der Waals surface area contributed by atoms with E-state index < -0.39 is 17.8 Å². The predicted octanol–water partition coefficient (Wildman–Crippen LogP) is 2.41. The van der Waals surface area contributed by atoms with E-state index in [1.165, 1.54) is 0 Å². The number of rotatable bonds is 3. The minimum absolute atomic E-state index is 0.0111. The first-order valence-electron chi connectivity index (χ1n) is 7.78. The summed E-state index contributed by atoms with van der Waals surface area (Å²) in [6.45, 7) is 0. The second-order valence-corrected chi connectivity index (χ2v) is 6.34. The molecule has 2 aromatic rings. The normalized spacial score (nSPS) is 28.9. The van der Waals surface area contributed by atoms with E-state index in [1.54, 1.807) is 6.20 Å². The van der Waals surface area contributed by atoms with E-state index in [4.69, 9.17) is 0 Å². The number of hydrogen-bond acceptors (Lipinski definition) is 3. The number of benzene rings is 1. The van der Waals surface area contributed by atoms with Crippen LogP contribution in [0.3, 0.4) is 0 Å². The summed E-state index contributed by atoms with van der Waals surface area (Å²) in [4.78, 5) is 24.3. The maximum Gasteiger partial charge on any atom is 0.307 e. The molecule has 1 heterocycles. The number of carbonyl (C=O) groups excluding carboxylic acids is 1. The number of carbonyl (C=O) groups is 2. The topological polar surface area (TPSA) is 95.1 Å². The molecule has 0 spiro atoms. The fourth-order valence-electron chi connectivity index (χ4n) is 3.93. The van der Waals surface area contributed by atoms with Gasteiger partial charge in [-0.3, -0.25) is 14.7 Å². The van der Waals surface area contributed by atoms with Crippen molar-refractivity contribution in [1.82, 2.24) is 10.2 Å². The molecule has 3 aliphatic carbocycles. The third-order valence-corrected chi connectivity index (χ3v) is 5.05. The van der Waals surface area contributed by atoms with Crippen LogP contribution in [-0.2, 0) is 9.59 Å². The van der Waals surface area contributed by atoms with E-state index in [9.17, 15) is 14.7 Å². The molecule has 1 aromatic carbocycles. The molecule has 4 unspecified atom stereocenters. The van der Waals surface area contributed by atoms with Crippen molar-refractivity contribution >= 4 is 28.5 Å². The molecule has 1 amide bonds. The van der Waals surface area contributed by atoms with Gasteiger partial charge < -0.3 is 10.4 Å². The third kappa shape index (κ3) is 2.30. The van der Waals surface area contributed by atoms with Gasteiger partial charge in [0.05, 0.1) is 23.5 Å². The van der Waals surface area contributed by atoms with Crippen LogP contribution in [0.25, 0.3) is 10.9 Å². The first kappa shape index (κ1) is 14.0. The van der Waals surface area contributed by atoms with E-state index in [1.807, 2.05) is 30.4 Å². The quantitative estimate of drug-likeness (QED) is 0.759. The van der Waals surface area contributed by atoms with E-state index in [-0.39, 0.29) is 17.7 Å². The van der Waals surface area contributed by atoms with Gasteiger partial charge in [0.15, 0.2) is 0 Å². The maximum absolute atomic E-state index is 12.7. The standard InChI is InChI=1S/C17H17N3O3/c21-16(19-12-6-5-11-8-18-20-13(11)7-12)14-9-1-3-10(4-2-9)15(14)17(22)23/h1,3,5-10,14-15H,2,4H2,(H,18,20)(H,19,21)(H,22,23). The molecule has 0 aliphatic heterocycles. The molecule has 1 aromatic heterocycles. The van der Waals surface area contributed by atoms with Gasteiger partial charge in [0.1, 0.15) is 0 Å². The number of fused-ring (bicyclic) bond motifs is 3. The van der Waals surface area contributed by atoms with Crippen LogP contribution in [-0.4, -0.2) is 27.2 Å². The molecule has 4 atom stereocenters. The Kier molecular flexibility index (Phi) is 3.18. The molecule has 6 nitrogen and oxygen atoms in total. The molecule has 3 aliphatic rings. The summed E-state index contributed by atoms with van der Waals surface area (Å²) < 4.78 is 0. The minimum Gasteiger partial charge on any atom is -0.481 e. The van der Waals surface area contributed by atoms with Crippen molar-refractivity contribution in [1.29, 1.82) is 0 Å². The van der Waals surface area contributed by atoms with E-state index in [0.29, 0.717) is 5.69 Å². The highest BCUT2D eigenvalue weighted by atomic mass is 16.4. The van der Waals surface area contributed by atoms with Crippen LogP contribution in [0, 0.1) is 23.7 Å². The van der Waals surface area contributed by atoms with Gasteiger partial charge in [0.25, 0.3) is 0 Å². The number of aromatic nitrogens is 2. The SMILES string of the molecule is O=C(O)C1C2C=CC(CC2)C1C(=O)Nc1ccc2cn[nH]c2c1. The molecule has 1 fully saturated rings. The Hall–Kier alpha value is -2.63. The Morgan fingerprint density at radius 3 is 2.61 bits per heavy atom. The molecule has 2 bridgehead atoms. The van der Waals surface area contributed by atoms with Crippen molar-refractivity contribution in [2.75, 3.05) is 5.32 Å². The van der Waals surface area contributed by atoms with Crippen LogP contribution in [0.5, 0.6) is 0 Å². The highest BCUT2D eigenvalue weighted by Gasteiger charge is 2.48. The minimum atomic E-state index is -0.881. The zero-order valence-electron chi connectivity index (χ0n) is 12.4. The van der Waals surface area contributed by atoms with Gasteiger partial charge in [-0.15, -0.1) is 0 Å². The van der Waals surface area contributed by atoms with E-state index in [2.05, 4.69) is 15.5 Å². The summed E-state index contributed by atoms with van der Waals surface area (Å²) in [6.07, 6.45) is 7.42. The fourth-order valence-corrected chi connectivity index (χ4v) is 3.93. The number of hydrogen-bond donors (Lipinski definition) is 3. The highest BCUT2D eigenvalue weighted by molar-refractivity contribution is 5.97. The number of anilines is 1. The van der Waals surface area contributed by atoms with Crippen LogP contribution in [0.15, 0.2) is 36.5 Å². The first-order chi connectivity index (χ1) is 11.1. The Bertz CT molecular complexity index is 810. The Morgan fingerprint density at radius 2 is 1.91 bits per heavy atom. The van der Waals surface area contributed by atoms with Crippen LogP contribution in [0.1, 0.15) is 12.8 Å². The first-order valence-corrected chi connectivity index (χ1v) is 7.78. The summed E-state index contributed by atoms with van der Waals surface area (Å²) in [6, 6.07) is 5.49. The van der Waals surface area contributed by atoms with Gasteiger partial charge in [0.2, 0.25) is 5.91 Å². The largest absolute Gasteiger partial charge is 0.481 e. The van der Waals surface area contributed by atoms with Crippen molar-refractivity contribution in [2.45, 2.75) is 12.8 Å². The molecular weight excluding hydrogens is 294 g/mol. The van der Waals surface area contributed by atoms with Crippen LogP contribution < -0.4 is 5.32 Å². The molecule has 3 N–H and O–H groups in total. The number of aromatic amines is 1. The summed E-state index contributed by atoms with van der Waals surface area (Å²) in [5.41, 5.74) is 1.49. The van der Waals surface area contributed by atoms with Crippen molar-refractivity contribution in [3.05, 3.63) is 36.5 Å². The average molecular weight is 311 g/mol. The number of carboxylic acids is 1. The molecule has 118 valence electrons. The van der Waals surface area contributed by atoms with Crippen LogP contribution in [0.4, 0.5) is 5.69 Å². The average Bonchev–Trinajstić information content (AvgIpc) is 3.02. The van der Waals surface area contributed by atoms with Crippen molar-refractivity contribution < 1.29 is 14.7 Å². The predicted molar refractivity (Wildman–Crippen MR) is 84.7 cm³/mol. The van der Waals surface area contributed by atoms with Gasteiger partial charge >= 0.3 is 5.97 Å². The molecule has 0 radical (unpaired) electrons. The number of carboxylic acid groups (broad SMARTS) is 1. The van der Waals surface area contributed by atoms with Gasteiger partial charge in [-0.1, -0.05) is 12.2 Å². The lowest BCUT2D eigenvalue weighted by molar-refractivity contribution is -0.151. The maximum atomic E-state index is 12.7. The zero-order chi connectivity index (χ0) is 16.0. The highest BCUT2D eigenvalue weighted by Crippen LogP contribution is 2.45. The number of nitrogens with one attached hydrogen (secondary N) is 2. The number of amides is 1. The van der Waals surface area contributed by atoms with Gasteiger partial charge in [-0.05, 0) is 42.9 Å². The molecular formula is C17H17N3O3. The Balaban J connectivity index is 1.60. The Labute approximate surface area is 132 Å². The summed E-state index contributed by atoms with van der Waals surface area (Å²) in [5, 5.41) is 20.2. The molecule has 0 saturated heterocycles. The lowest BCUT2D eigenvalue weighted by Crippen LogP contribution is -2.47. The number of allylic oxidation sites excluding steroid dienone is 2. The van der Waals surface area contributed by atoms with Gasteiger partial charge in [-0.25, -0.2) is 0 Å². The summed E-state index contributed by atoms with van der Waals surface area (Å²) in [5.74, 6) is -2.26. The second kappa shape index (κ2) is 5.22. The number of nitrogens with zero attached hydrogens (tertiary/aromatic N) is 1.